The van der Waals surface area contributed by atoms with Crippen LogP contribution in [0.15, 0.2) is 28.7 Å². The Balaban J connectivity index is 1.93. The van der Waals surface area contributed by atoms with Crippen molar-refractivity contribution in [3.63, 3.8) is 0 Å². The van der Waals surface area contributed by atoms with Gasteiger partial charge in [0.2, 0.25) is 5.89 Å². The SMILES string of the molecule is Cc1nc(-c2cccc(NC(=O)NCCC(O)C(C)C)c2)oc1C. The van der Waals surface area contributed by atoms with Gasteiger partial charge in [0.25, 0.3) is 0 Å². The fraction of sp³-hybridized carbons (Fsp3) is 0.444. The van der Waals surface area contributed by atoms with Crippen LogP contribution >= 0.6 is 0 Å². The summed E-state index contributed by atoms with van der Waals surface area (Å²) >= 11 is 0. The van der Waals surface area contributed by atoms with Crippen LogP contribution in [0.4, 0.5) is 10.5 Å². The zero-order chi connectivity index (χ0) is 17.7. The summed E-state index contributed by atoms with van der Waals surface area (Å²) in [7, 11) is 0. The highest BCUT2D eigenvalue weighted by Gasteiger charge is 2.11. The van der Waals surface area contributed by atoms with Gasteiger partial charge in [-0.1, -0.05) is 19.9 Å². The van der Waals surface area contributed by atoms with E-state index in [9.17, 15) is 9.90 Å². The molecule has 0 aliphatic carbocycles. The van der Waals surface area contributed by atoms with Crippen LogP contribution in [-0.2, 0) is 0 Å². The van der Waals surface area contributed by atoms with Crippen LogP contribution in [0.3, 0.4) is 0 Å². The maximum Gasteiger partial charge on any atom is 0.319 e. The molecule has 2 rings (SSSR count). The van der Waals surface area contributed by atoms with Crippen molar-refractivity contribution >= 4 is 11.7 Å². The predicted molar refractivity (Wildman–Crippen MR) is 93.9 cm³/mol. The molecule has 0 saturated heterocycles. The van der Waals surface area contributed by atoms with Crippen LogP contribution in [0, 0.1) is 19.8 Å². The average Bonchev–Trinajstić information content (AvgIpc) is 2.87. The molecule has 1 unspecified atom stereocenters. The Morgan fingerprint density at radius 3 is 2.71 bits per heavy atom. The molecule has 2 aromatic rings. The number of benzene rings is 1. The highest BCUT2D eigenvalue weighted by Crippen LogP contribution is 2.23. The molecule has 0 radical (unpaired) electrons. The highest BCUT2D eigenvalue weighted by atomic mass is 16.4. The molecule has 0 aliphatic rings. The van der Waals surface area contributed by atoms with Gasteiger partial charge in [-0.25, -0.2) is 9.78 Å². The smallest absolute Gasteiger partial charge is 0.319 e. The van der Waals surface area contributed by atoms with E-state index in [1.54, 1.807) is 6.07 Å². The van der Waals surface area contributed by atoms with Crippen LogP contribution in [-0.4, -0.2) is 28.8 Å². The normalized spacial score (nSPS) is 12.2. The number of nitrogens with one attached hydrogen (secondary N) is 2. The molecule has 0 saturated carbocycles. The van der Waals surface area contributed by atoms with E-state index in [4.69, 9.17) is 4.42 Å². The lowest BCUT2D eigenvalue weighted by molar-refractivity contribution is 0.117. The maximum atomic E-state index is 11.9. The van der Waals surface area contributed by atoms with E-state index >= 15 is 0 Å². The molecule has 6 nitrogen and oxygen atoms in total. The van der Waals surface area contributed by atoms with Crippen LogP contribution in [0.1, 0.15) is 31.7 Å². The van der Waals surface area contributed by atoms with Crippen molar-refractivity contribution in [3.8, 4) is 11.5 Å². The monoisotopic (exact) mass is 331 g/mol. The van der Waals surface area contributed by atoms with E-state index in [0.29, 0.717) is 24.5 Å². The Hall–Kier alpha value is -2.34. The van der Waals surface area contributed by atoms with Crippen molar-refractivity contribution in [1.29, 1.82) is 0 Å². The van der Waals surface area contributed by atoms with Gasteiger partial charge in [-0.2, -0.15) is 0 Å². The number of aromatic nitrogens is 1. The Bertz CT molecular complexity index is 675. The molecule has 0 bridgehead atoms. The second kappa shape index (κ2) is 7.97. The average molecular weight is 331 g/mol. The highest BCUT2D eigenvalue weighted by molar-refractivity contribution is 5.89. The number of rotatable bonds is 6. The topological polar surface area (TPSA) is 87.4 Å². The second-order valence-corrected chi connectivity index (χ2v) is 6.22. The molecular formula is C18H25N3O3. The fourth-order valence-corrected chi connectivity index (χ4v) is 2.17. The molecule has 1 aromatic carbocycles. The van der Waals surface area contributed by atoms with Crippen molar-refractivity contribution in [2.75, 3.05) is 11.9 Å². The number of aliphatic hydroxyl groups is 1. The Morgan fingerprint density at radius 2 is 2.08 bits per heavy atom. The van der Waals surface area contributed by atoms with E-state index in [1.807, 2.05) is 45.9 Å². The number of hydrogen-bond donors (Lipinski definition) is 3. The molecule has 0 fully saturated rings. The second-order valence-electron chi connectivity index (χ2n) is 6.22. The van der Waals surface area contributed by atoms with Gasteiger partial charge in [-0.15, -0.1) is 0 Å². The number of hydrogen-bond acceptors (Lipinski definition) is 4. The first kappa shape index (κ1) is 18.0. The first-order valence-corrected chi connectivity index (χ1v) is 8.14. The molecular weight excluding hydrogens is 306 g/mol. The van der Waals surface area contributed by atoms with Crippen molar-refractivity contribution in [3.05, 3.63) is 35.7 Å². The number of nitrogens with zero attached hydrogens (tertiary/aromatic N) is 1. The van der Waals surface area contributed by atoms with Crippen LogP contribution in [0.25, 0.3) is 11.5 Å². The third kappa shape index (κ3) is 4.83. The van der Waals surface area contributed by atoms with Gasteiger partial charge in [-0.05, 0) is 44.4 Å². The number of aryl methyl sites for hydroxylation is 2. The minimum Gasteiger partial charge on any atom is -0.441 e. The number of oxazole rings is 1. The minimum atomic E-state index is -0.412. The fourth-order valence-electron chi connectivity index (χ4n) is 2.17. The molecule has 24 heavy (non-hydrogen) atoms. The number of carbonyl (C=O) groups is 1. The van der Waals surface area contributed by atoms with Gasteiger partial charge in [0.05, 0.1) is 11.8 Å². The van der Waals surface area contributed by atoms with Crippen molar-refractivity contribution < 1.29 is 14.3 Å². The first-order chi connectivity index (χ1) is 11.4. The van der Waals surface area contributed by atoms with Gasteiger partial charge < -0.3 is 20.2 Å². The summed E-state index contributed by atoms with van der Waals surface area (Å²) in [4.78, 5) is 16.3. The van der Waals surface area contributed by atoms with Gasteiger partial charge in [-0.3, -0.25) is 0 Å². The summed E-state index contributed by atoms with van der Waals surface area (Å²) < 4.78 is 5.61. The summed E-state index contributed by atoms with van der Waals surface area (Å²) in [5.41, 5.74) is 2.31. The summed E-state index contributed by atoms with van der Waals surface area (Å²) in [6.07, 6.45) is 0.116. The van der Waals surface area contributed by atoms with Gasteiger partial charge >= 0.3 is 6.03 Å². The van der Waals surface area contributed by atoms with Gasteiger partial charge in [0.15, 0.2) is 0 Å². The van der Waals surface area contributed by atoms with Crippen LogP contribution < -0.4 is 10.6 Å². The van der Waals surface area contributed by atoms with Gasteiger partial charge in [0, 0.05) is 17.8 Å². The first-order valence-electron chi connectivity index (χ1n) is 8.14. The summed E-state index contributed by atoms with van der Waals surface area (Å²) in [6, 6.07) is 7.03. The number of carbonyl (C=O) groups excluding carboxylic acids is 1. The van der Waals surface area contributed by atoms with Crippen molar-refractivity contribution in [2.24, 2.45) is 5.92 Å². The van der Waals surface area contributed by atoms with Crippen molar-refractivity contribution in [1.82, 2.24) is 10.3 Å². The van der Waals surface area contributed by atoms with E-state index < -0.39 is 6.10 Å². The number of anilines is 1. The summed E-state index contributed by atoms with van der Waals surface area (Å²) in [5.74, 6) is 1.50. The third-order valence-electron chi connectivity index (χ3n) is 3.89. The minimum absolute atomic E-state index is 0.180. The lowest BCUT2D eigenvalue weighted by Gasteiger charge is -2.14. The lowest BCUT2D eigenvalue weighted by atomic mass is 10.0. The molecule has 6 heteroatoms. The van der Waals surface area contributed by atoms with Crippen LogP contribution in [0.2, 0.25) is 0 Å². The molecule has 0 aliphatic heterocycles. The van der Waals surface area contributed by atoms with E-state index in [1.165, 1.54) is 0 Å². The lowest BCUT2D eigenvalue weighted by Crippen LogP contribution is -2.32. The van der Waals surface area contributed by atoms with Crippen molar-refractivity contribution in [2.45, 2.75) is 40.2 Å². The predicted octanol–water partition coefficient (Wildman–Crippen LogP) is 3.49. The maximum absolute atomic E-state index is 11.9. The number of aliphatic hydroxyl groups excluding tert-OH is 1. The summed E-state index contributed by atoms with van der Waals surface area (Å²) in [5, 5.41) is 15.2. The zero-order valence-electron chi connectivity index (χ0n) is 14.6. The van der Waals surface area contributed by atoms with E-state index in [-0.39, 0.29) is 11.9 Å². The molecule has 130 valence electrons. The number of urea groups is 1. The number of amides is 2. The Kier molecular flexibility index (Phi) is 5.98. The standard InChI is InChI=1S/C18H25N3O3/c1-11(2)16(22)8-9-19-18(23)21-15-7-5-6-14(10-15)17-20-12(3)13(4)24-17/h5-7,10-11,16,22H,8-9H2,1-4H3,(H2,19,21,23). The molecule has 1 atom stereocenters. The Morgan fingerprint density at radius 1 is 1.33 bits per heavy atom. The zero-order valence-corrected chi connectivity index (χ0v) is 14.6. The molecule has 3 N–H and O–H groups in total. The molecule has 0 spiro atoms. The third-order valence-corrected chi connectivity index (χ3v) is 3.89. The Labute approximate surface area is 142 Å². The van der Waals surface area contributed by atoms with Gasteiger partial charge in [0.1, 0.15) is 5.76 Å². The molecule has 1 aromatic heterocycles. The van der Waals surface area contributed by atoms with E-state index in [0.717, 1.165) is 17.0 Å². The van der Waals surface area contributed by atoms with E-state index in [2.05, 4.69) is 15.6 Å². The quantitative estimate of drug-likeness (QED) is 0.756. The van der Waals surface area contributed by atoms with Crippen LogP contribution in [0.5, 0.6) is 0 Å². The largest absolute Gasteiger partial charge is 0.441 e. The summed E-state index contributed by atoms with van der Waals surface area (Å²) in [6.45, 7) is 8.07. The molecule has 2 amide bonds. The molecule has 1 heterocycles.